The van der Waals surface area contributed by atoms with E-state index < -0.39 is 7.60 Å². The average Bonchev–Trinajstić information content (AvgIpc) is 2.37. The molecule has 4 heteroatoms. The van der Waals surface area contributed by atoms with E-state index in [2.05, 4.69) is 24.3 Å². The molecule has 2 aliphatic rings. The van der Waals surface area contributed by atoms with Gasteiger partial charge in [0.25, 0.3) is 0 Å². The van der Waals surface area contributed by atoms with Gasteiger partial charge in [0.15, 0.2) is 0 Å². The molecule has 102 valence electrons. The number of allylic oxidation sites excluding steroid dienone is 4. The van der Waals surface area contributed by atoms with Crippen LogP contribution in [0.25, 0.3) is 0 Å². The van der Waals surface area contributed by atoms with E-state index in [1.165, 1.54) is 0 Å². The van der Waals surface area contributed by atoms with E-state index in [4.69, 9.17) is 0 Å². The zero-order valence-corrected chi connectivity index (χ0v) is 11.6. The third-order valence-electron chi connectivity index (χ3n) is 4.13. The summed E-state index contributed by atoms with van der Waals surface area (Å²) in [4.78, 5) is 18.6. The van der Waals surface area contributed by atoms with Gasteiger partial charge in [-0.25, -0.2) is 0 Å². The predicted molar refractivity (Wildman–Crippen MR) is 73.4 cm³/mol. The lowest BCUT2D eigenvalue weighted by Crippen LogP contribution is -2.27. The van der Waals surface area contributed by atoms with Crippen molar-refractivity contribution in [3.05, 3.63) is 24.3 Å². The summed E-state index contributed by atoms with van der Waals surface area (Å²) in [5.74, 6) is 0.803. The van der Waals surface area contributed by atoms with Crippen molar-refractivity contribution < 1.29 is 14.4 Å². The van der Waals surface area contributed by atoms with E-state index in [1.807, 2.05) is 0 Å². The van der Waals surface area contributed by atoms with Crippen LogP contribution in [0, 0.1) is 17.8 Å². The molecular formula is C14H23O3P. The Kier molecular flexibility index (Phi) is 4.83. The van der Waals surface area contributed by atoms with Gasteiger partial charge in [-0.05, 0) is 56.3 Å². The molecule has 0 spiro atoms. The average molecular weight is 270 g/mol. The number of rotatable bonds is 4. The molecule has 2 atom stereocenters. The second-order valence-electron chi connectivity index (χ2n) is 5.56. The van der Waals surface area contributed by atoms with Crippen LogP contribution in [0.3, 0.4) is 0 Å². The van der Waals surface area contributed by atoms with Crippen molar-refractivity contribution in [2.75, 3.05) is 6.16 Å². The van der Waals surface area contributed by atoms with Gasteiger partial charge in [0, 0.05) is 0 Å². The Bertz CT molecular complexity index is 345. The normalized spacial score (nSPS) is 30.3. The smallest absolute Gasteiger partial charge is 0.324 e. The highest BCUT2D eigenvalue weighted by Crippen LogP contribution is 2.45. The highest BCUT2D eigenvalue weighted by atomic mass is 31.2. The van der Waals surface area contributed by atoms with E-state index in [0.717, 1.165) is 38.5 Å². The minimum absolute atomic E-state index is 0.0387. The maximum atomic E-state index is 11.4. The summed E-state index contributed by atoms with van der Waals surface area (Å²) < 4.78 is 11.4. The van der Waals surface area contributed by atoms with Gasteiger partial charge >= 0.3 is 7.60 Å². The van der Waals surface area contributed by atoms with Crippen LogP contribution in [0.15, 0.2) is 24.3 Å². The summed E-state index contributed by atoms with van der Waals surface area (Å²) in [5.41, 5.74) is 0. The van der Waals surface area contributed by atoms with Gasteiger partial charge in [0.05, 0.1) is 6.16 Å². The summed E-state index contributed by atoms with van der Waals surface area (Å²) >= 11 is 0. The Morgan fingerprint density at radius 3 is 1.89 bits per heavy atom. The lowest BCUT2D eigenvalue weighted by molar-refractivity contribution is 0.268. The third kappa shape index (κ3) is 4.08. The van der Waals surface area contributed by atoms with Gasteiger partial charge in [-0.1, -0.05) is 24.3 Å². The molecule has 0 aromatic carbocycles. The molecule has 0 heterocycles. The van der Waals surface area contributed by atoms with Crippen molar-refractivity contribution in [3.8, 4) is 0 Å². The second-order valence-corrected chi connectivity index (χ2v) is 7.25. The molecule has 2 rings (SSSR count). The molecule has 0 aromatic rings. The van der Waals surface area contributed by atoms with Crippen LogP contribution >= 0.6 is 7.60 Å². The number of hydrogen-bond donors (Lipinski definition) is 2. The maximum Gasteiger partial charge on any atom is 0.325 e. The molecular weight excluding hydrogens is 247 g/mol. The van der Waals surface area contributed by atoms with Gasteiger partial charge in [0.1, 0.15) is 0 Å². The van der Waals surface area contributed by atoms with Crippen molar-refractivity contribution in [2.45, 2.75) is 38.5 Å². The molecule has 0 aliphatic heterocycles. The van der Waals surface area contributed by atoms with Gasteiger partial charge < -0.3 is 9.79 Å². The molecule has 0 aromatic heterocycles. The highest BCUT2D eigenvalue weighted by Gasteiger charge is 2.33. The molecule has 18 heavy (non-hydrogen) atoms. The highest BCUT2D eigenvalue weighted by molar-refractivity contribution is 7.51. The van der Waals surface area contributed by atoms with E-state index >= 15 is 0 Å². The molecule has 2 aliphatic carbocycles. The summed E-state index contributed by atoms with van der Waals surface area (Å²) in [6.45, 7) is 0. The van der Waals surface area contributed by atoms with Gasteiger partial charge in [-0.2, -0.15) is 0 Å². The maximum absolute atomic E-state index is 11.4. The van der Waals surface area contributed by atoms with Gasteiger partial charge in [0.2, 0.25) is 0 Å². The molecule has 0 amide bonds. The minimum atomic E-state index is -3.92. The van der Waals surface area contributed by atoms with Gasteiger partial charge in [-0.3, -0.25) is 4.57 Å². The fourth-order valence-corrected chi connectivity index (χ4v) is 4.34. The second kappa shape index (κ2) is 6.18. The quantitative estimate of drug-likeness (QED) is 0.607. The monoisotopic (exact) mass is 270 g/mol. The molecule has 0 fully saturated rings. The van der Waals surface area contributed by atoms with Crippen LogP contribution in [0.4, 0.5) is 0 Å². The lowest BCUT2D eigenvalue weighted by atomic mass is 9.75. The summed E-state index contributed by atoms with van der Waals surface area (Å²) in [5, 5.41) is 0. The molecule has 0 bridgehead atoms. The van der Waals surface area contributed by atoms with Crippen molar-refractivity contribution in [1.82, 2.24) is 0 Å². The molecule has 2 N–H and O–H groups in total. The van der Waals surface area contributed by atoms with Crippen molar-refractivity contribution in [1.29, 1.82) is 0 Å². The fraction of sp³-hybridized carbons (Fsp3) is 0.714. The zero-order valence-electron chi connectivity index (χ0n) is 10.7. The first-order valence-electron chi connectivity index (χ1n) is 6.94. The molecule has 3 nitrogen and oxygen atoms in total. The lowest BCUT2D eigenvalue weighted by Gasteiger charge is -2.33. The van der Waals surface area contributed by atoms with E-state index in [0.29, 0.717) is 11.8 Å². The first kappa shape index (κ1) is 14.0. The Labute approximate surface area is 109 Å². The zero-order chi connectivity index (χ0) is 13.0. The Balaban J connectivity index is 2.13. The molecule has 2 unspecified atom stereocenters. The molecule has 0 radical (unpaired) electrons. The van der Waals surface area contributed by atoms with E-state index in [9.17, 15) is 14.4 Å². The van der Waals surface area contributed by atoms with Crippen LogP contribution in [0.5, 0.6) is 0 Å². The Morgan fingerprint density at radius 1 is 1.06 bits per heavy atom. The summed E-state index contributed by atoms with van der Waals surface area (Å²) in [6.07, 6.45) is 15.4. The van der Waals surface area contributed by atoms with Crippen LogP contribution < -0.4 is 0 Å². The fourth-order valence-electron chi connectivity index (χ4n) is 3.25. The Morgan fingerprint density at radius 2 is 1.56 bits per heavy atom. The van der Waals surface area contributed by atoms with E-state index in [1.54, 1.807) is 0 Å². The first-order chi connectivity index (χ1) is 8.56. The topological polar surface area (TPSA) is 57.5 Å². The third-order valence-corrected chi connectivity index (χ3v) is 5.03. The van der Waals surface area contributed by atoms with E-state index in [-0.39, 0.29) is 12.1 Å². The van der Waals surface area contributed by atoms with Crippen LogP contribution in [-0.2, 0) is 4.57 Å². The molecule has 0 saturated carbocycles. The van der Waals surface area contributed by atoms with Crippen molar-refractivity contribution in [3.63, 3.8) is 0 Å². The Hall–Kier alpha value is -0.370. The summed E-state index contributed by atoms with van der Waals surface area (Å²) in [7, 11) is -3.92. The predicted octanol–water partition coefficient (Wildman–Crippen LogP) is 3.49. The summed E-state index contributed by atoms with van der Waals surface area (Å²) in [6, 6.07) is 0. The molecule has 0 saturated heterocycles. The van der Waals surface area contributed by atoms with Gasteiger partial charge in [-0.15, -0.1) is 0 Å². The number of hydrogen-bond acceptors (Lipinski definition) is 1. The first-order valence-corrected chi connectivity index (χ1v) is 8.74. The van der Waals surface area contributed by atoms with Crippen LogP contribution in [-0.4, -0.2) is 15.9 Å². The van der Waals surface area contributed by atoms with Crippen molar-refractivity contribution >= 4 is 7.60 Å². The largest absolute Gasteiger partial charge is 0.325 e. The standard InChI is InChI=1S/C14H23O3P/c15-18(16,17)11-14(12-7-3-1-4-8-12)13-9-5-2-6-10-13/h3,5,7,9,12-14H,1-2,4,6,8,10-11H2,(H2,15,16,17). The van der Waals surface area contributed by atoms with Crippen molar-refractivity contribution in [2.24, 2.45) is 17.8 Å². The minimum Gasteiger partial charge on any atom is -0.324 e. The SMILES string of the molecule is O=P(O)(O)CC(C1C=CCCC1)C1C=CCCC1. The van der Waals surface area contributed by atoms with Crippen LogP contribution in [0.1, 0.15) is 38.5 Å². The van der Waals surface area contributed by atoms with Crippen LogP contribution in [0.2, 0.25) is 0 Å².